The van der Waals surface area contributed by atoms with Gasteiger partial charge in [0.2, 0.25) is 0 Å². The molecule has 0 saturated carbocycles. The van der Waals surface area contributed by atoms with E-state index in [-0.39, 0.29) is 5.75 Å². The largest absolute Gasteiger partial charge is 0.573 e. The minimum Gasteiger partial charge on any atom is -0.406 e. The molecule has 0 heterocycles. The van der Waals surface area contributed by atoms with Crippen molar-refractivity contribution in [3.63, 3.8) is 0 Å². The smallest absolute Gasteiger partial charge is 0.406 e. The van der Waals surface area contributed by atoms with Gasteiger partial charge in [-0.3, -0.25) is 0 Å². The van der Waals surface area contributed by atoms with Gasteiger partial charge in [0.05, 0.1) is 0 Å². The summed E-state index contributed by atoms with van der Waals surface area (Å²) < 4.78 is 40.4. The van der Waals surface area contributed by atoms with Crippen LogP contribution in [0.5, 0.6) is 5.75 Å². The number of rotatable bonds is 12. The normalized spacial score (nSPS) is 11.7. The van der Waals surface area contributed by atoms with Crippen molar-refractivity contribution in [3.8, 4) is 5.75 Å². The van der Waals surface area contributed by atoms with Gasteiger partial charge >= 0.3 is 6.36 Å². The summed E-state index contributed by atoms with van der Waals surface area (Å²) in [5.74, 6) is -0.163. The Labute approximate surface area is 137 Å². The van der Waals surface area contributed by atoms with Gasteiger partial charge in [0.15, 0.2) is 0 Å². The van der Waals surface area contributed by atoms with Gasteiger partial charge in [-0.05, 0) is 30.7 Å². The standard InChI is InChI=1S/C18H28F3NO/c1-2-3-4-5-6-7-8-9-13-22-15-16-11-10-12-17(14-16)23-18(19,20)21/h10-12,14,22H,2-9,13,15H2,1H3. The van der Waals surface area contributed by atoms with Crippen LogP contribution < -0.4 is 10.1 Å². The molecule has 0 atom stereocenters. The highest BCUT2D eigenvalue weighted by Gasteiger charge is 2.31. The molecule has 0 amide bonds. The average Bonchev–Trinajstić information content (AvgIpc) is 2.48. The summed E-state index contributed by atoms with van der Waals surface area (Å²) in [5, 5.41) is 3.27. The van der Waals surface area contributed by atoms with E-state index in [4.69, 9.17) is 0 Å². The SMILES string of the molecule is CCCCCCCCCCNCc1cccc(OC(F)(F)F)c1. The number of unbranched alkanes of at least 4 members (excludes halogenated alkanes) is 7. The summed E-state index contributed by atoms with van der Waals surface area (Å²) in [7, 11) is 0. The summed E-state index contributed by atoms with van der Waals surface area (Å²) in [4.78, 5) is 0. The molecule has 0 bridgehead atoms. The maximum atomic E-state index is 12.2. The molecule has 1 rings (SSSR count). The molecule has 23 heavy (non-hydrogen) atoms. The van der Waals surface area contributed by atoms with Crippen molar-refractivity contribution in [2.45, 2.75) is 71.2 Å². The number of benzene rings is 1. The molecule has 0 spiro atoms. The summed E-state index contributed by atoms with van der Waals surface area (Å²) >= 11 is 0. The van der Waals surface area contributed by atoms with Crippen LogP contribution >= 0.6 is 0 Å². The Balaban J connectivity index is 2.08. The monoisotopic (exact) mass is 331 g/mol. The Kier molecular flexibility index (Phi) is 9.76. The second-order valence-corrected chi connectivity index (χ2v) is 5.85. The molecule has 0 saturated heterocycles. The van der Waals surface area contributed by atoms with Crippen molar-refractivity contribution in [3.05, 3.63) is 29.8 Å². The third-order valence-electron chi connectivity index (χ3n) is 3.67. The summed E-state index contributed by atoms with van der Waals surface area (Å²) in [6, 6.07) is 6.11. The minimum atomic E-state index is -4.64. The van der Waals surface area contributed by atoms with E-state index >= 15 is 0 Å². The van der Waals surface area contributed by atoms with E-state index in [2.05, 4.69) is 17.0 Å². The zero-order valence-electron chi connectivity index (χ0n) is 13.9. The molecule has 0 radical (unpaired) electrons. The second kappa shape index (κ2) is 11.3. The molecule has 0 fully saturated rings. The number of hydrogen-bond acceptors (Lipinski definition) is 2. The molecule has 5 heteroatoms. The Morgan fingerprint density at radius 3 is 2.26 bits per heavy atom. The van der Waals surface area contributed by atoms with Crippen LogP contribution in [0.3, 0.4) is 0 Å². The zero-order valence-corrected chi connectivity index (χ0v) is 13.9. The van der Waals surface area contributed by atoms with Gasteiger partial charge in [-0.15, -0.1) is 13.2 Å². The summed E-state index contributed by atoms with van der Waals surface area (Å²) in [6.07, 6.45) is 5.51. The van der Waals surface area contributed by atoms with Gasteiger partial charge in [0.25, 0.3) is 0 Å². The van der Waals surface area contributed by atoms with Gasteiger partial charge in [0, 0.05) is 6.54 Å². The van der Waals surface area contributed by atoms with Crippen molar-refractivity contribution in [2.24, 2.45) is 0 Å². The fraction of sp³-hybridized carbons (Fsp3) is 0.667. The molecule has 1 aromatic carbocycles. The maximum absolute atomic E-state index is 12.2. The van der Waals surface area contributed by atoms with Gasteiger partial charge in [-0.1, -0.05) is 64.0 Å². The van der Waals surface area contributed by atoms with Crippen LogP contribution in [0.15, 0.2) is 24.3 Å². The Bertz CT molecular complexity index is 421. The third kappa shape index (κ3) is 11.0. The lowest BCUT2D eigenvalue weighted by Crippen LogP contribution is -2.18. The predicted octanol–water partition coefficient (Wildman–Crippen LogP) is 5.82. The van der Waals surface area contributed by atoms with Crippen LogP contribution in [-0.4, -0.2) is 12.9 Å². The first kappa shape index (κ1) is 19.8. The first-order chi connectivity index (χ1) is 11.0. The minimum absolute atomic E-state index is 0.163. The fourth-order valence-electron chi connectivity index (χ4n) is 2.47. The quantitative estimate of drug-likeness (QED) is 0.488. The van der Waals surface area contributed by atoms with Gasteiger partial charge in [0.1, 0.15) is 5.75 Å². The van der Waals surface area contributed by atoms with E-state index in [9.17, 15) is 13.2 Å². The van der Waals surface area contributed by atoms with Crippen LogP contribution in [0.2, 0.25) is 0 Å². The van der Waals surface area contributed by atoms with E-state index in [1.165, 1.54) is 57.1 Å². The average molecular weight is 331 g/mol. The third-order valence-corrected chi connectivity index (χ3v) is 3.67. The van der Waals surface area contributed by atoms with E-state index in [1.54, 1.807) is 12.1 Å². The predicted molar refractivity (Wildman–Crippen MR) is 87.4 cm³/mol. The highest BCUT2D eigenvalue weighted by molar-refractivity contribution is 5.28. The molecule has 0 aliphatic heterocycles. The topological polar surface area (TPSA) is 21.3 Å². The lowest BCUT2D eigenvalue weighted by Gasteiger charge is -2.10. The Morgan fingerprint density at radius 2 is 1.61 bits per heavy atom. The number of ether oxygens (including phenoxy) is 1. The zero-order chi connectivity index (χ0) is 17.0. The first-order valence-corrected chi connectivity index (χ1v) is 8.56. The number of nitrogens with one attached hydrogen (secondary N) is 1. The van der Waals surface area contributed by atoms with Gasteiger partial charge < -0.3 is 10.1 Å². The van der Waals surface area contributed by atoms with Crippen LogP contribution in [0, 0.1) is 0 Å². The molecular weight excluding hydrogens is 303 g/mol. The molecule has 2 nitrogen and oxygen atoms in total. The number of alkyl halides is 3. The highest BCUT2D eigenvalue weighted by atomic mass is 19.4. The lowest BCUT2D eigenvalue weighted by molar-refractivity contribution is -0.274. The van der Waals surface area contributed by atoms with Crippen molar-refractivity contribution >= 4 is 0 Å². The molecule has 0 aliphatic rings. The van der Waals surface area contributed by atoms with E-state index in [0.717, 1.165) is 18.5 Å². The Morgan fingerprint density at radius 1 is 0.957 bits per heavy atom. The maximum Gasteiger partial charge on any atom is 0.573 e. The number of halogens is 3. The molecule has 132 valence electrons. The summed E-state index contributed by atoms with van der Waals surface area (Å²) in [6.45, 7) is 3.67. The Hall–Kier alpha value is -1.23. The van der Waals surface area contributed by atoms with Crippen LogP contribution in [-0.2, 0) is 6.54 Å². The van der Waals surface area contributed by atoms with E-state index in [0.29, 0.717) is 6.54 Å². The van der Waals surface area contributed by atoms with Gasteiger partial charge in [-0.2, -0.15) is 0 Å². The van der Waals surface area contributed by atoms with Crippen molar-refractivity contribution in [2.75, 3.05) is 6.54 Å². The molecule has 0 unspecified atom stereocenters. The first-order valence-electron chi connectivity index (χ1n) is 8.56. The van der Waals surface area contributed by atoms with Gasteiger partial charge in [-0.25, -0.2) is 0 Å². The number of hydrogen-bond donors (Lipinski definition) is 1. The second-order valence-electron chi connectivity index (χ2n) is 5.85. The van der Waals surface area contributed by atoms with E-state index < -0.39 is 6.36 Å². The van der Waals surface area contributed by atoms with Crippen molar-refractivity contribution < 1.29 is 17.9 Å². The summed E-state index contributed by atoms with van der Waals surface area (Å²) in [5.41, 5.74) is 0.798. The van der Waals surface area contributed by atoms with Crippen LogP contribution in [0.4, 0.5) is 13.2 Å². The van der Waals surface area contributed by atoms with Crippen LogP contribution in [0.1, 0.15) is 63.9 Å². The molecule has 0 aliphatic carbocycles. The van der Waals surface area contributed by atoms with E-state index in [1.807, 2.05) is 0 Å². The molecule has 1 aromatic rings. The molecule has 1 N–H and O–H groups in total. The lowest BCUT2D eigenvalue weighted by atomic mass is 10.1. The van der Waals surface area contributed by atoms with Crippen molar-refractivity contribution in [1.82, 2.24) is 5.32 Å². The fourth-order valence-corrected chi connectivity index (χ4v) is 2.47. The van der Waals surface area contributed by atoms with Crippen molar-refractivity contribution in [1.29, 1.82) is 0 Å². The van der Waals surface area contributed by atoms with Crippen LogP contribution in [0.25, 0.3) is 0 Å². The molecular formula is C18H28F3NO. The highest BCUT2D eigenvalue weighted by Crippen LogP contribution is 2.23. The molecule has 0 aromatic heterocycles.